The van der Waals surface area contributed by atoms with Crippen LogP contribution in [-0.2, 0) is 0 Å². The van der Waals surface area contributed by atoms with Crippen LogP contribution in [0.2, 0.25) is 0 Å². The van der Waals surface area contributed by atoms with Crippen molar-refractivity contribution in [1.29, 1.82) is 0 Å². The zero-order valence-corrected chi connectivity index (χ0v) is 11.4. The molecule has 0 saturated carbocycles. The molecule has 0 aliphatic carbocycles. The Morgan fingerprint density at radius 1 is 1.45 bits per heavy atom. The summed E-state index contributed by atoms with van der Waals surface area (Å²) < 4.78 is 0. The first-order chi connectivity index (χ1) is 9.49. The maximum absolute atomic E-state index is 10.9. The smallest absolute Gasteiger partial charge is 0.342 e. The number of hydrogen-bond acceptors (Lipinski definition) is 5. The summed E-state index contributed by atoms with van der Waals surface area (Å²) in [5.74, 6) is -1.31. The second kappa shape index (κ2) is 5.70. The first kappa shape index (κ1) is 14.0. The number of nitro groups is 1. The topological polar surface area (TPSA) is 92.5 Å². The third kappa shape index (κ3) is 2.94. The van der Waals surface area contributed by atoms with Crippen molar-refractivity contribution in [2.45, 2.75) is 13.0 Å². The molecule has 104 valence electrons. The van der Waals surface area contributed by atoms with Gasteiger partial charge in [0, 0.05) is 17.8 Å². The molecule has 0 aliphatic heterocycles. The number of carboxylic acids is 1. The third-order valence-electron chi connectivity index (χ3n) is 2.85. The van der Waals surface area contributed by atoms with Gasteiger partial charge in [-0.25, -0.2) is 4.79 Å². The van der Waals surface area contributed by atoms with Crippen molar-refractivity contribution in [3.05, 3.63) is 56.3 Å². The number of anilines is 1. The van der Waals surface area contributed by atoms with Gasteiger partial charge in [0.2, 0.25) is 0 Å². The van der Waals surface area contributed by atoms with E-state index < -0.39 is 16.6 Å². The van der Waals surface area contributed by atoms with Crippen LogP contribution in [0.15, 0.2) is 35.0 Å². The van der Waals surface area contributed by atoms with Crippen LogP contribution in [0.3, 0.4) is 0 Å². The lowest BCUT2D eigenvalue weighted by molar-refractivity contribution is -0.385. The minimum atomic E-state index is -1.31. The summed E-state index contributed by atoms with van der Waals surface area (Å²) in [6.07, 6.45) is 0. The minimum absolute atomic E-state index is 0.0171. The normalized spacial score (nSPS) is 11.8. The second-order valence-corrected chi connectivity index (χ2v) is 5.00. The molecule has 0 bridgehead atoms. The Morgan fingerprint density at radius 3 is 2.75 bits per heavy atom. The number of benzene rings is 1. The quantitative estimate of drug-likeness (QED) is 0.649. The van der Waals surface area contributed by atoms with Gasteiger partial charge in [-0.3, -0.25) is 10.1 Å². The number of thiophene rings is 1. The Kier molecular flexibility index (Phi) is 3.99. The monoisotopic (exact) mass is 292 g/mol. The number of carboxylic acid groups (broad SMARTS) is 1. The van der Waals surface area contributed by atoms with Gasteiger partial charge in [0.05, 0.1) is 4.92 Å². The molecule has 6 nitrogen and oxygen atoms in total. The first-order valence-corrected chi connectivity index (χ1v) is 6.73. The lowest BCUT2D eigenvalue weighted by atomic mass is 10.1. The van der Waals surface area contributed by atoms with E-state index in [4.69, 9.17) is 5.11 Å². The van der Waals surface area contributed by atoms with Crippen molar-refractivity contribution in [2.75, 3.05) is 5.32 Å². The molecule has 0 spiro atoms. The largest absolute Gasteiger partial charge is 0.477 e. The standard InChI is InChI=1S/C13H12N2O4S/c1-8(9-4-5-20-7-9)14-10-2-3-11(13(16)17)12(6-10)15(18)19/h2-8,14H,1H3,(H,16,17). The minimum Gasteiger partial charge on any atom is -0.477 e. The molecular formula is C13H12N2O4S. The van der Waals surface area contributed by atoms with E-state index in [0.717, 1.165) is 5.56 Å². The number of nitro benzene ring substituents is 1. The van der Waals surface area contributed by atoms with Crippen LogP contribution in [0.4, 0.5) is 11.4 Å². The second-order valence-electron chi connectivity index (χ2n) is 4.22. The fourth-order valence-electron chi connectivity index (χ4n) is 1.81. The van der Waals surface area contributed by atoms with Gasteiger partial charge in [-0.2, -0.15) is 11.3 Å². The van der Waals surface area contributed by atoms with E-state index >= 15 is 0 Å². The number of nitrogens with zero attached hydrogens (tertiary/aromatic N) is 1. The van der Waals surface area contributed by atoms with Crippen LogP contribution in [0.5, 0.6) is 0 Å². The summed E-state index contributed by atoms with van der Waals surface area (Å²) >= 11 is 1.57. The highest BCUT2D eigenvalue weighted by Crippen LogP contribution is 2.26. The maximum Gasteiger partial charge on any atom is 0.342 e. The van der Waals surface area contributed by atoms with Gasteiger partial charge in [-0.15, -0.1) is 0 Å². The van der Waals surface area contributed by atoms with E-state index in [1.54, 1.807) is 11.3 Å². The van der Waals surface area contributed by atoms with Crippen molar-refractivity contribution in [1.82, 2.24) is 0 Å². The Bertz CT molecular complexity index is 640. The van der Waals surface area contributed by atoms with Crippen molar-refractivity contribution in [3.63, 3.8) is 0 Å². The van der Waals surface area contributed by atoms with Crippen LogP contribution in [0.1, 0.15) is 28.9 Å². The molecule has 2 aromatic rings. The van der Waals surface area contributed by atoms with Gasteiger partial charge in [-0.05, 0) is 41.4 Å². The molecular weight excluding hydrogens is 280 g/mol. The Balaban J connectivity index is 2.27. The lowest BCUT2D eigenvalue weighted by Gasteiger charge is -2.14. The van der Waals surface area contributed by atoms with Crippen molar-refractivity contribution in [2.24, 2.45) is 0 Å². The molecule has 2 N–H and O–H groups in total. The molecule has 7 heteroatoms. The highest BCUT2D eigenvalue weighted by atomic mass is 32.1. The average molecular weight is 292 g/mol. The lowest BCUT2D eigenvalue weighted by Crippen LogP contribution is -2.08. The van der Waals surface area contributed by atoms with Crippen molar-refractivity contribution in [3.8, 4) is 0 Å². The molecule has 0 amide bonds. The molecule has 1 aromatic heterocycles. The highest BCUT2D eigenvalue weighted by molar-refractivity contribution is 7.07. The van der Waals surface area contributed by atoms with Crippen LogP contribution in [-0.4, -0.2) is 16.0 Å². The van der Waals surface area contributed by atoms with Crippen LogP contribution in [0, 0.1) is 10.1 Å². The molecule has 0 fully saturated rings. The zero-order valence-electron chi connectivity index (χ0n) is 10.6. The van der Waals surface area contributed by atoms with Gasteiger partial charge in [-0.1, -0.05) is 0 Å². The zero-order chi connectivity index (χ0) is 14.7. The number of hydrogen-bond donors (Lipinski definition) is 2. The van der Waals surface area contributed by atoms with Crippen LogP contribution < -0.4 is 5.32 Å². The van der Waals surface area contributed by atoms with E-state index in [-0.39, 0.29) is 11.6 Å². The summed E-state index contributed by atoms with van der Waals surface area (Å²) in [5.41, 5.74) is 0.851. The Morgan fingerprint density at radius 2 is 2.20 bits per heavy atom. The number of carbonyl (C=O) groups is 1. The summed E-state index contributed by atoms with van der Waals surface area (Å²) in [6, 6.07) is 5.95. The number of rotatable bonds is 5. The van der Waals surface area contributed by atoms with Gasteiger partial charge in [0.25, 0.3) is 5.69 Å². The molecule has 20 heavy (non-hydrogen) atoms. The molecule has 1 unspecified atom stereocenters. The van der Waals surface area contributed by atoms with E-state index in [2.05, 4.69) is 5.32 Å². The first-order valence-electron chi connectivity index (χ1n) is 5.79. The number of nitrogens with one attached hydrogen (secondary N) is 1. The number of aromatic carboxylic acids is 1. The van der Waals surface area contributed by atoms with Gasteiger partial charge < -0.3 is 10.4 Å². The summed E-state index contributed by atoms with van der Waals surface area (Å²) in [4.78, 5) is 21.1. The van der Waals surface area contributed by atoms with Crippen molar-refractivity contribution < 1.29 is 14.8 Å². The van der Waals surface area contributed by atoms with E-state index in [0.29, 0.717) is 5.69 Å². The molecule has 1 heterocycles. The fourth-order valence-corrected chi connectivity index (χ4v) is 2.56. The third-order valence-corrected chi connectivity index (χ3v) is 3.55. The van der Waals surface area contributed by atoms with Crippen LogP contribution in [0.25, 0.3) is 0 Å². The summed E-state index contributed by atoms with van der Waals surface area (Å²) in [7, 11) is 0. The Hall–Kier alpha value is -2.41. The fraction of sp³-hybridized carbons (Fsp3) is 0.154. The van der Waals surface area contributed by atoms with E-state index in [1.807, 2.05) is 23.8 Å². The molecule has 1 aromatic carbocycles. The average Bonchev–Trinajstić information content (AvgIpc) is 2.92. The predicted octanol–water partition coefficient (Wildman–Crippen LogP) is 3.53. The predicted molar refractivity (Wildman–Crippen MR) is 76.4 cm³/mol. The van der Waals surface area contributed by atoms with Crippen LogP contribution >= 0.6 is 11.3 Å². The van der Waals surface area contributed by atoms with E-state index in [9.17, 15) is 14.9 Å². The van der Waals surface area contributed by atoms with E-state index in [1.165, 1.54) is 18.2 Å². The molecule has 0 aliphatic rings. The summed E-state index contributed by atoms with van der Waals surface area (Å²) in [5, 5.41) is 26.9. The SMILES string of the molecule is CC(Nc1ccc(C(=O)O)c([N+](=O)[O-])c1)c1ccsc1. The van der Waals surface area contributed by atoms with Gasteiger partial charge in [0.15, 0.2) is 0 Å². The molecule has 2 rings (SSSR count). The highest BCUT2D eigenvalue weighted by Gasteiger charge is 2.20. The molecule has 0 radical (unpaired) electrons. The summed E-state index contributed by atoms with van der Waals surface area (Å²) in [6.45, 7) is 1.93. The molecule has 1 atom stereocenters. The van der Waals surface area contributed by atoms with Gasteiger partial charge in [0.1, 0.15) is 5.56 Å². The van der Waals surface area contributed by atoms with Crippen molar-refractivity contribution >= 4 is 28.7 Å². The van der Waals surface area contributed by atoms with Gasteiger partial charge >= 0.3 is 5.97 Å². The molecule has 0 saturated heterocycles. The Labute approximate surface area is 118 Å². The maximum atomic E-state index is 10.9.